The molecule has 1 fully saturated rings. The topological polar surface area (TPSA) is 24.7 Å². The van der Waals surface area contributed by atoms with Gasteiger partial charge >= 0.3 is 11.0 Å². The van der Waals surface area contributed by atoms with Crippen LogP contribution in [0.1, 0.15) is 87.0 Å². The highest BCUT2D eigenvalue weighted by Gasteiger charge is 2.40. The fourth-order valence-corrected chi connectivity index (χ4v) is 6.96. The summed E-state index contributed by atoms with van der Waals surface area (Å²) in [7, 11) is 0. The molecule has 0 aromatic heterocycles. The van der Waals surface area contributed by atoms with Gasteiger partial charge in [0.1, 0.15) is 0 Å². The predicted octanol–water partition coefficient (Wildman–Crippen LogP) is 12.9. The lowest BCUT2D eigenvalue weighted by molar-refractivity contribution is -0.0325. The first-order valence-corrected chi connectivity index (χ1v) is 16.6. The first kappa shape index (κ1) is 34.3. The fourth-order valence-electron chi connectivity index (χ4n) is 5.16. The molecule has 2 nitrogen and oxygen atoms in total. The molecule has 1 aliphatic carbocycles. The lowest BCUT2D eigenvalue weighted by Gasteiger charge is -2.07. The first-order valence-electron chi connectivity index (χ1n) is 14.2. The normalized spacial score (nSPS) is 19.1. The van der Waals surface area contributed by atoms with E-state index in [1.807, 2.05) is 24.3 Å². The molecule has 2 unspecified atom stereocenters. The Labute approximate surface area is 266 Å². The average Bonchev–Trinajstić information content (AvgIpc) is 3.41. The molecule has 0 bridgehead atoms. The van der Waals surface area contributed by atoms with Crippen LogP contribution in [0.5, 0.6) is 0 Å². The van der Waals surface area contributed by atoms with Crippen molar-refractivity contribution in [3.8, 4) is 0 Å². The molecule has 2 heterocycles. The van der Waals surface area contributed by atoms with Crippen LogP contribution in [-0.4, -0.2) is 21.1 Å². The van der Waals surface area contributed by atoms with Crippen LogP contribution in [-0.2, 0) is 12.8 Å². The number of aliphatic imine (C=N–C) groups is 2. The van der Waals surface area contributed by atoms with Gasteiger partial charge in [-0.3, -0.25) is 0 Å². The lowest BCUT2D eigenvalue weighted by Crippen LogP contribution is -2.06. The van der Waals surface area contributed by atoms with Crippen molar-refractivity contribution in [2.24, 2.45) is 15.9 Å². The SMILES string of the molecule is CCCC/C=C\c1cc2c(cc1Cl)N=C(SC(F)(F)F)C2.CCCCC1CC1c1cc2c(cc1Cl)N=C(SC(F)(F)F)C2. The Morgan fingerprint density at radius 1 is 0.814 bits per heavy atom. The zero-order chi connectivity index (χ0) is 31.4. The van der Waals surface area contributed by atoms with Gasteiger partial charge in [0.05, 0.1) is 21.5 Å². The summed E-state index contributed by atoms with van der Waals surface area (Å²) in [4.78, 5) is 8.06. The molecule has 0 radical (unpaired) electrons. The van der Waals surface area contributed by atoms with Crippen molar-refractivity contribution in [1.29, 1.82) is 0 Å². The third-order valence-corrected chi connectivity index (χ3v) is 9.37. The number of fused-ring (bicyclic) bond motifs is 2. The van der Waals surface area contributed by atoms with Crippen molar-refractivity contribution in [2.75, 3.05) is 0 Å². The summed E-state index contributed by atoms with van der Waals surface area (Å²) >= 11 is 12.2. The third kappa shape index (κ3) is 10.2. The molecule has 2 aromatic rings. The number of rotatable bonds is 8. The summed E-state index contributed by atoms with van der Waals surface area (Å²) in [5.41, 5.74) is -3.87. The number of thioether (sulfide) groups is 2. The summed E-state index contributed by atoms with van der Waals surface area (Å²) in [5, 5.41) is 1.34. The van der Waals surface area contributed by atoms with Crippen LogP contribution in [0.25, 0.3) is 6.08 Å². The minimum absolute atomic E-state index is 0.0701. The van der Waals surface area contributed by atoms with Crippen LogP contribution < -0.4 is 0 Å². The summed E-state index contributed by atoms with van der Waals surface area (Å²) in [5.74, 6) is 1.16. The Morgan fingerprint density at radius 3 is 1.93 bits per heavy atom. The molecular weight excluding hydrogens is 649 g/mol. The van der Waals surface area contributed by atoms with Gasteiger partial charge in [-0.1, -0.05) is 81.0 Å². The Morgan fingerprint density at radius 2 is 1.37 bits per heavy atom. The maximum absolute atomic E-state index is 12.5. The molecule has 2 atom stereocenters. The number of alkyl halides is 6. The second-order valence-electron chi connectivity index (χ2n) is 10.8. The van der Waals surface area contributed by atoms with Crippen molar-refractivity contribution in [3.05, 3.63) is 62.6 Å². The summed E-state index contributed by atoms with van der Waals surface area (Å²) in [6, 6.07) is 7.17. The number of halogens is 8. The van der Waals surface area contributed by atoms with E-state index in [0.717, 1.165) is 47.9 Å². The fraction of sp³-hybridized carbons (Fsp3) is 0.484. The lowest BCUT2D eigenvalue weighted by atomic mass is 10.0. The van der Waals surface area contributed by atoms with Gasteiger partial charge < -0.3 is 0 Å². The molecule has 2 aromatic carbocycles. The Hall–Kier alpha value is -1.62. The highest BCUT2D eigenvalue weighted by molar-refractivity contribution is 8.15. The third-order valence-electron chi connectivity index (χ3n) is 7.31. The van der Waals surface area contributed by atoms with E-state index in [-0.39, 0.29) is 46.5 Å². The standard InChI is InChI=1S/C16H17ClF3NS.C15H15ClF3NS/c1-2-3-4-9-5-11(9)12-6-10-7-15(22-16(18,19)20)21-14(10)8-13(12)17;1-2-3-4-5-6-10-7-11-8-14(21-15(17,18)19)20-13(11)9-12(10)16/h6,8-9,11H,2-5,7H2,1H3;5-7,9H,2-4,8H2,1H3/b;6-5-. The smallest absolute Gasteiger partial charge is 0.246 e. The molecule has 0 N–H and O–H groups in total. The minimum Gasteiger partial charge on any atom is -0.246 e. The molecule has 234 valence electrons. The van der Waals surface area contributed by atoms with Gasteiger partial charge in [0.15, 0.2) is 0 Å². The quantitative estimate of drug-likeness (QED) is 0.205. The zero-order valence-electron chi connectivity index (χ0n) is 23.7. The largest absolute Gasteiger partial charge is 0.447 e. The van der Waals surface area contributed by atoms with E-state index in [4.69, 9.17) is 23.2 Å². The van der Waals surface area contributed by atoms with E-state index in [1.165, 1.54) is 19.3 Å². The second kappa shape index (κ2) is 14.6. The number of benzene rings is 2. The average molecular weight is 682 g/mol. The molecular formula is C31H32Cl2F6N2S2. The maximum Gasteiger partial charge on any atom is 0.447 e. The summed E-state index contributed by atoms with van der Waals surface area (Å²) in [6.07, 6.45) is 12.4. The predicted molar refractivity (Wildman–Crippen MR) is 171 cm³/mol. The van der Waals surface area contributed by atoms with Crippen molar-refractivity contribution >= 4 is 74.3 Å². The molecule has 0 amide bonds. The van der Waals surface area contributed by atoms with Gasteiger partial charge in [0.2, 0.25) is 0 Å². The van der Waals surface area contributed by atoms with E-state index in [0.29, 0.717) is 33.3 Å². The Kier molecular flexibility index (Phi) is 11.7. The molecule has 5 rings (SSSR count). The van der Waals surface area contributed by atoms with E-state index in [2.05, 4.69) is 23.8 Å². The van der Waals surface area contributed by atoms with Crippen LogP contribution in [0.15, 0.2) is 40.3 Å². The van der Waals surface area contributed by atoms with Crippen LogP contribution in [0.4, 0.5) is 37.7 Å². The molecule has 1 saturated carbocycles. The summed E-state index contributed by atoms with van der Waals surface area (Å²) < 4.78 is 74.5. The highest BCUT2D eigenvalue weighted by atomic mass is 35.5. The second-order valence-corrected chi connectivity index (χ2v) is 13.8. The number of allylic oxidation sites excluding steroid dienone is 1. The van der Waals surface area contributed by atoms with E-state index >= 15 is 0 Å². The van der Waals surface area contributed by atoms with Crippen molar-refractivity contribution in [3.63, 3.8) is 0 Å². The van der Waals surface area contributed by atoms with Gasteiger partial charge in [-0.15, -0.1) is 0 Å². The van der Waals surface area contributed by atoms with Crippen LogP contribution in [0.3, 0.4) is 0 Å². The molecule has 12 heteroatoms. The molecule has 0 saturated heterocycles. The van der Waals surface area contributed by atoms with Crippen LogP contribution in [0, 0.1) is 5.92 Å². The molecule has 3 aliphatic rings. The number of unbranched alkanes of at least 4 members (excludes halogenated alkanes) is 3. The van der Waals surface area contributed by atoms with E-state index in [9.17, 15) is 26.3 Å². The maximum atomic E-state index is 12.5. The monoisotopic (exact) mass is 680 g/mol. The number of hydrogen-bond acceptors (Lipinski definition) is 4. The summed E-state index contributed by atoms with van der Waals surface area (Å²) in [6.45, 7) is 4.30. The Bertz CT molecular complexity index is 1400. The van der Waals surface area contributed by atoms with Gasteiger partial charge in [-0.25, -0.2) is 9.98 Å². The van der Waals surface area contributed by atoms with Crippen LogP contribution >= 0.6 is 46.7 Å². The number of nitrogens with zero attached hydrogens (tertiary/aromatic N) is 2. The van der Waals surface area contributed by atoms with Gasteiger partial charge in [0.25, 0.3) is 0 Å². The molecule has 43 heavy (non-hydrogen) atoms. The molecule has 0 spiro atoms. The zero-order valence-corrected chi connectivity index (χ0v) is 26.9. The Balaban J connectivity index is 0.000000197. The van der Waals surface area contributed by atoms with Crippen molar-refractivity contribution in [1.82, 2.24) is 0 Å². The minimum atomic E-state index is -4.30. The van der Waals surface area contributed by atoms with Gasteiger partial charge in [-0.2, -0.15) is 26.3 Å². The molecule has 2 aliphatic heterocycles. The highest BCUT2D eigenvalue weighted by Crippen LogP contribution is 2.53. The van der Waals surface area contributed by atoms with Crippen molar-refractivity contribution < 1.29 is 26.3 Å². The van der Waals surface area contributed by atoms with E-state index in [1.54, 1.807) is 12.1 Å². The van der Waals surface area contributed by atoms with Crippen molar-refractivity contribution in [2.45, 2.75) is 88.6 Å². The first-order chi connectivity index (χ1) is 20.3. The van der Waals surface area contributed by atoms with E-state index < -0.39 is 11.0 Å². The van der Waals surface area contributed by atoms with Gasteiger partial charge in [0, 0.05) is 46.4 Å². The number of hydrogen-bond donors (Lipinski definition) is 0. The van der Waals surface area contributed by atoms with Gasteiger partial charge in [-0.05, 0) is 71.6 Å². The van der Waals surface area contributed by atoms with Crippen LogP contribution in [0.2, 0.25) is 10.0 Å².